The third kappa shape index (κ3) is 3.81. The highest BCUT2D eigenvalue weighted by Crippen LogP contribution is 2.22. The molecule has 0 aromatic heterocycles. The highest BCUT2D eigenvalue weighted by molar-refractivity contribution is 5.91. The Labute approximate surface area is 68.5 Å². The Bertz CT molecular complexity index is 180. The Balaban J connectivity index is 4.41. The monoisotopic (exact) mass is 155 g/mol. The Morgan fingerprint density at radius 1 is 1.55 bits per heavy atom. The van der Waals surface area contributed by atoms with Crippen LogP contribution in [0.1, 0.15) is 34.1 Å². The first-order valence-electron chi connectivity index (χ1n) is 3.88. The summed E-state index contributed by atoms with van der Waals surface area (Å²) in [5, 5.41) is 0. The number of amides is 1. The first-order chi connectivity index (χ1) is 4.89. The minimum Gasteiger partial charge on any atom is -0.366 e. The summed E-state index contributed by atoms with van der Waals surface area (Å²) in [4.78, 5) is 10.6. The van der Waals surface area contributed by atoms with Crippen LogP contribution >= 0.6 is 0 Å². The standard InChI is InChI=1S/C9H17NO/c1-5-9(3,4)6-7(2)8(10)11/h6H,5H2,1-4H3,(H2,10,11). The summed E-state index contributed by atoms with van der Waals surface area (Å²) in [6.07, 6.45) is 2.94. The van der Waals surface area contributed by atoms with Gasteiger partial charge in [0.05, 0.1) is 0 Å². The zero-order chi connectivity index (χ0) is 9.07. The van der Waals surface area contributed by atoms with Crippen molar-refractivity contribution < 1.29 is 4.79 Å². The van der Waals surface area contributed by atoms with Crippen LogP contribution in [0.4, 0.5) is 0 Å². The molecule has 0 atom stereocenters. The number of primary amides is 1. The zero-order valence-electron chi connectivity index (χ0n) is 7.77. The molecule has 0 aromatic rings. The van der Waals surface area contributed by atoms with Crippen molar-refractivity contribution in [3.8, 4) is 0 Å². The minimum absolute atomic E-state index is 0.0825. The van der Waals surface area contributed by atoms with Crippen LogP contribution in [0.5, 0.6) is 0 Å². The maximum absolute atomic E-state index is 10.6. The average molecular weight is 155 g/mol. The molecule has 2 N–H and O–H groups in total. The average Bonchev–Trinajstić information content (AvgIpc) is 1.87. The van der Waals surface area contributed by atoms with Gasteiger partial charge < -0.3 is 5.73 Å². The summed E-state index contributed by atoms with van der Waals surface area (Å²) in [6, 6.07) is 0. The first kappa shape index (κ1) is 10.2. The Kier molecular flexibility index (Phi) is 3.30. The molecule has 0 unspecified atom stereocenters. The molecule has 0 aliphatic rings. The fourth-order valence-corrected chi connectivity index (χ4v) is 0.759. The number of rotatable bonds is 3. The van der Waals surface area contributed by atoms with E-state index in [2.05, 4.69) is 20.8 Å². The minimum atomic E-state index is -0.327. The quantitative estimate of drug-likeness (QED) is 0.621. The molecule has 1 amide bonds. The fourth-order valence-electron chi connectivity index (χ4n) is 0.759. The van der Waals surface area contributed by atoms with Gasteiger partial charge in [-0.05, 0) is 18.8 Å². The fraction of sp³-hybridized carbons (Fsp3) is 0.667. The van der Waals surface area contributed by atoms with Crippen molar-refractivity contribution in [2.24, 2.45) is 11.1 Å². The van der Waals surface area contributed by atoms with E-state index in [1.807, 2.05) is 6.08 Å². The van der Waals surface area contributed by atoms with Crippen molar-refractivity contribution in [1.29, 1.82) is 0 Å². The van der Waals surface area contributed by atoms with Gasteiger partial charge in [-0.15, -0.1) is 0 Å². The van der Waals surface area contributed by atoms with E-state index in [-0.39, 0.29) is 11.3 Å². The van der Waals surface area contributed by atoms with Crippen LogP contribution in [0.15, 0.2) is 11.6 Å². The van der Waals surface area contributed by atoms with E-state index in [0.717, 1.165) is 6.42 Å². The van der Waals surface area contributed by atoms with Gasteiger partial charge in [-0.3, -0.25) is 4.79 Å². The van der Waals surface area contributed by atoms with Crippen LogP contribution < -0.4 is 5.73 Å². The summed E-state index contributed by atoms with van der Waals surface area (Å²) in [5.41, 5.74) is 5.82. The summed E-state index contributed by atoms with van der Waals surface area (Å²) >= 11 is 0. The smallest absolute Gasteiger partial charge is 0.244 e. The van der Waals surface area contributed by atoms with Gasteiger partial charge in [0, 0.05) is 5.57 Å². The third-order valence-corrected chi connectivity index (χ3v) is 1.91. The highest BCUT2D eigenvalue weighted by Gasteiger charge is 2.12. The second-order valence-corrected chi connectivity index (χ2v) is 3.53. The Hall–Kier alpha value is -0.790. The van der Waals surface area contributed by atoms with Crippen molar-refractivity contribution in [1.82, 2.24) is 0 Å². The van der Waals surface area contributed by atoms with E-state index in [1.165, 1.54) is 0 Å². The van der Waals surface area contributed by atoms with E-state index in [9.17, 15) is 4.79 Å². The molecule has 11 heavy (non-hydrogen) atoms. The second kappa shape index (κ2) is 3.56. The summed E-state index contributed by atoms with van der Waals surface area (Å²) < 4.78 is 0. The molecule has 0 spiro atoms. The first-order valence-corrected chi connectivity index (χ1v) is 3.88. The summed E-state index contributed by atoms with van der Waals surface area (Å²) in [6.45, 7) is 8.00. The number of hydrogen-bond acceptors (Lipinski definition) is 1. The van der Waals surface area contributed by atoms with Crippen LogP contribution in [0.3, 0.4) is 0 Å². The Morgan fingerprint density at radius 3 is 2.27 bits per heavy atom. The van der Waals surface area contributed by atoms with E-state index >= 15 is 0 Å². The van der Waals surface area contributed by atoms with E-state index in [1.54, 1.807) is 6.92 Å². The highest BCUT2D eigenvalue weighted by atomic mass is 16.1. The summed E-state index contributed by atoms with van der Waals surface area (Å²) in [7, 11) is 0. The maximum Gasteiger partial charge on any atom is 0.244 e. The number of hydrogen-bond donors (Lipinski definition) is 1. The van der Waals surface area contributed by atoms with Gasteiger partial charge in [0.1, 0.15) is 0 Å². The molecule has 0 heterocycles. The number of carbonyl (C=O) groups excluding carboxylic acids is 1. The van der Waals surface area contributed by atoms with Gasteiger partial charge in [-0.2, -0.15) is 0 Å². The normalized spacial score (nSPS) is 13.3. The van der Waals surface area contributed by atoms with Crippen molar-refractivity contribution in [2.75, 3.05) is 0 Å². The van der Waals surface area contributed by atoms with Crippen molar-refractivity contribution in [3.05, 3.63) is 11.6 Å². The van der Waals surface area contributed by atoms with Gasteiger partial charge >= 0.3 is 0 Å². The number of nitrogens with two attached hydrogens (primary N) is 1. The molecule has 0 fully saturated rings. The molecule has 0 radical (unpaired) electrons. The van der Waals surface area contributed by atoms with Gasteiger partial charge in [-0.1, -0.05) is 26.8 Å². The molecule has 2 heteroatoms. The van der Waals surface area contributed by atoms with Crippen molar-refractivity contribution in [2.45, 2.75) is 34.1 Å². The molecule has 2 nitrogen and oxygen atoms in total. The molecule has 0 aliphatic heterocycles. The van der Waals surface area contributed by atoms with Crippen LogP contribution in [0.25, 0.3) is 0 Å². The van der Waals surface area contributed by atoms with Gasteiger partial charge in [0.2, 0.25) is 5.91 Å². The summed E-state index contributed by atoms with van der Waals surface area (Å²) in [5.74, 6) is -0.327. The topological polar surface area (TPSA) is 43.1 Å². The van der Waals surface area contributed by atoms with Gasteiger partial charge in [0.15, 0.2) is 0 Å². The molecule has 0 aliphatic carbocycles. The molecular formula is C9H17NO. The molecule has 0 bridgehead atoms. The van der Waals surface area contributed by atoms with Crippen LogP contribution in [-0.2, 0) is 4.79 Å². The molecule has 0 aromatic carbocycles. The molecule has 0 saturated heterocycles. The van der Waals surface area contributed by atoms with Crippen LogP contribution in [-0.4, -0.2) is 5.91 Å². The number of allylic oxidation sites excluding steroid dienone is 1. The lowest BCUT2D eigenvalue weighted by molar-refractivity contribution is -0.114. The van der Waals surface area contributed by atoms with E-state index < -0.39 is 0 Å². The zero-order valence-corrected chi connectivity index (χ0v) is 7.77. The van der Waals surface area contributed by atoms with Gasteiger partial charge in [0.25, 0.3) is 0 Å². The lowest BCUT2D eigenvalue weighted by atomic mass is 9.88. The SMILES string of the molecule is CCC(C)(C)C=C(C)C(N)=O. The second-order valence-electron chi connectivity index (χ2n) is 3.53. The number of carbonyl (C=O) groups is 1. The molecule has 64 valence electrons. The molecular weight excluding hydrogens is 138 g/mol. The predicted molar refractivity (Wildman–Crippen MR) is 47.0 cm³/mol. The van der Waals surface area contributed by atoms with Crippen LogP contribution in [0, 0.1) is 5.41 Å². The van der Waals surface area contributed by atoms with E-state index in [4.69, 9.17) is 5.73 Å². The van der Waals surface area contributed by atoms with E-state index in [0.29, 0.717) is 5.57 Å². The third-order valence-electron chi connectivity index (χ3n) is 1.91. The van der Waals surface area contributed by atoms with Crippen LogP contribution in [0.2, 0.25) is 0 Å². The van der Waals surface area contributed by atoms with Crippen molar-refractivity contribution >= 4 is 5.91 Å². The predicted octanol–water partition coefficient (Wildman–Crippen LogP) is 1.85. The maximum atomic E-state index is 10.6. The van der Waals surface area contributed by atoms with Crippen molar-refractivity contribution in [3.63, 3.8) is 0 Å². The largest absolute Gasteiger partial charge is 0.366 e. The lowest BCUT2D eigenvalue weighted by Gasteiger charge is -2.17. The molecule has 0 rings (SSSR count). The lowest BCUT2D eigenvalue weighted by Crippen LogP contribution is -2.15. The Morgan fingerprint density at radius 2 is 2.00 bits per heavy atom. The van der Waals surface area contributed by atoms with Gasteiger partial charge in [-0.25, -0.2) is 0 Å². The molecule has 0 saturated carbocycles.